The van der Waals surface area contributed by atoms with Crippen molar-refractivity contribution < 1.29 is 4.52 Å². The first-order valence-corrected chi connectivity index (χ1v) is 7.05. The van der Waals surface area contributed by atoms with Gasteiger partial charge >= 0.3 is 0 Å². The van der Waals surface area contributed by atoms with Crippen LogP contribution < -0.4 is 0 Å². The van der Waals surface area contributed by atoms with Gasteiger partial charge in [-0.3, -0.25) is 5.10 Å². The third-order valence-electron chi connectivity index (χ3n) is 2.68. The number of thioether (sulfide) groups is 1. The van der Waals surface area contributed by atoms with Crippen LogP contribution >= 0.6 is 11.8 Å². The minimum atomic E-state index is 0.0198. The second-order valence-electron chi connectivity index (χ2n) is 4.29. The van der Waals surface area contributed by atoms with Crippen LogP contribution in [-0.2, 0) is 0 Å². The first kappa shape index (κ1) is 12.9. The summed E-state index contributed by atoms with van der Waals surface area (Å²) in [5.41, 5.74) is 0.914. The van der Waals surface area contributed by atoms with Crippen molar-refractivity contribution in [2.24, 2.45) is 0 Å². The van der Waals surface area contributed by atoms with E-state index in [1.165, 1.54) is 11.8 Å². The number of H-pyrrole nitrogens is 1. The standard InChI is InChI=1S/C13H13N5OS/c1-8(20-13-14-9(2)16-17-13)11-15-12(19-18-11)10-6-4-3-5-7-10/h3-8H,1-2H3,(H,14,16,17). The van der Waals surface area contributed by atoms with Gasteiger partial charge in [0.25, 0.3) is 5.89 Å². The van der Waals surface area contributed by atoms with E-state index < -0.39 is 0 Å². The number of benzene rings is 1. The molecule has 2 heterocycles. The Morgan fingerprint density at radius 1 is 1.20 bits per heavy atom. The van der Waals surface area contributed by atoms with Crippen molar-refractivity contribution in [3.63, 3.8) is 0 Å². The molecule has 1 atom stereocenters. The Labute approximate surface area is 120 Å². The fourth-order valence-corrected chi connectivity index (χ4v) is 2.49. The normalized spacial score (nSPS) is 12.5. The highest BCUT2D eigenvalue weighted by Gasteiger charge is 2.17. The molecule has 0 aliphatic heterocycles. The third kappa shape index (κ3) is 2.72. The molecule has 0 fully saturated rings. The Hall–Kier alpha value is -2.15. The molecule has 0 aliphatic carbocycles. The van der Waals surface area contributed by atoms with E-state index >= 15 is 0 Å². The first-order chi connectivity index (χ1) is 9.72. The average molecular weight is 287 g/mol. The van der Waals surface area contributed by atoms with Gasteiger partial charge in [-0.2, -0.15) is 4.98 Å². The zero-order valence-electron chi connectivity index (χ0n) is 11.1. The minimum absolute atomic E-state index is 0.0198. The number of hydrogen-bond acceptors (Lipinski definition) is 6. The van der Waals surface area contributed by atoms with Crippen LogP contribution in [0.15, 0.2) is 40.0 Å². The lowest BCUT2D eigenvalue weighted by Gasteiger charge is -2.01. The third-order valence-corrected chi connectivity index (χ3v) is 3.64. The van der Waals surface area contributed by atoms with Crippen molar-refractivity contribution in [2.45, 2.75) is 24.3 Å². The van der Waals surface area contributed by atoms with Gasteiger partial charge in [0.1, 0.15) is 5.82 Å². The molecule has 1 unspecified atom stereocenters. The Morgan fingerprint density at radius 2 is 2.00 bits per heavy atom. The van der Waals surface area contributed by atoms with E-state index in [-0.39, 0.29) is 5.25 Å². The second kappa shape index (κ2) is 5.46. The van der Waals surface area contributed by atoms with Gasteiger partial charge in [-0.1, -0.05) is 35.1 Å². The van der Waals surface area contributed by atoms with Crippen LogP contribution in [0.4, 0.5) is 0 Å². The largest absolute Gasteiger partial charge is 0.334 e. The van der Waals surface area contributed by atoms with Crippen LogP contribution in [0, 0.1) is 6.92 Å². The summed E-state index contributed by atoms with van der Waals surface area (Å²) in [6, 6.07) is 9.70. The fraction of sp³-hybridized carbons (Fsp3) is 0.231. The summed E-state index contributed by atoms with van der Waals surface area (Å²) in [6.07, 6.45) is 0. The molecule has 0 radical (unpaired) electrons. The van der Waals surface area contributed by atoms with Crippen LogP contribution in [0.25, 0.3) is 11.5 Å². The monoisotopic (exact) mass is 287 g/mol. The Balaban J connectivity index is 1.76. The molecule has 20 heavy (non-hydrogen) atoms. The Morgan fingerprint density at radius 3 is 2.70 bits per heavy atom. The van der Waals surface area contributed by atoms with Crippen molar-refractivity contribution in [3.8, 4) is 11.5 Å². The van der Waals surface area contributed by atoms with Gasteiger partial charge in [0.05, 0.1) is 5.25 Å². The minimum Gasteiger partial charge on any atom is -0.334 e. The van der Waals surface area contributed by atoms with Gasteiger partial charge < -0.3 is 4.52 Å². The Kier molecular flexibility index (Phi) is 3.51. The molecule has 3 rings (SSSR count). The molecule has 102 valence electrons. The van der Waals surface area contributed by atoms with Gasteiger partial charge in [-0.05, 0) is 26.0 Å². The SMILES string of the molecule is Cc1nc(SC(C)c2noc(-c3ccccc3)n2)n[nH]1. The van der Waals surface area contributed by atoms with Crippen LogP contribution in [0.2, 0.25) is 0 Å². The summed E-state index contributed by atoms with van der Waals surface area (Å²) in [5.74, 6) is 1.95. The number of rotatable bonds is 4. The predicted molar refractivity (Wildman–Crippen MR) is 75.1 cm³/mol. The van der Waals surface area contributed by atoms with Gasteiger partial charge in [0.15, 0.2) is 5.82 Å². The molecule has 6 nitrogen and oxygen atoms in total. The number of hydrogen-bond donors (Lipinski definition) is 1. The summed E-state index contributed by atoms with van der Waals surface area (Å²) >= 11 is 1.49. The summed E-state index contributed by atoms with van der Waals surface area (Å²) < 4.78 is 5.29. The van der Waals surface area contributed by atoms with E-state index in [1.54, 1.807) is 0 Å². The van der Waals surface area contributed by atoms with Crippen molar-refractivity contribution in [3.05, 3.63) is 42.0 Å². The van der Waals surface area contributed by atoms with Gasteiger partial charge in [-0.15, -0.1) is 5.10 Å². The molecule has 0 saturated carbocycles. The summed E-state index contributed by atoms with van der Waals surface area (Å²) in [7, 11) is 0. The highest BCUT2D eigenvalue weighted by Crippen LogP contribution is 2.31. The van der Waals surface area contributed by atoms with Gasteiger partial charge in [-0.25, -0.2) is 4.98 Å². The number of aromatic amines is 1. The molecule has 0 aliphatic rings. The molecular weight excluding hydrogens is 274 g/mol. The van der Waals surface area contributed by atoms with E-state index in [4.69, 9.17) is 4.52 Å². The zero-order valence-corrected chi connectivity index (χ0v) is 11.9. The second-order valence-corrected chi connectivity index (χ2v) is 5.60. The maximum atomic E-state index is 5.29. The topological polar surface area (TPSA) is 80.5 Å². The molecule has 7 heteroatoms. The van der Waals surface area contributed by atoms with Crippen LogP contribution in [0.3, 0.4) is 0 Å². The smallest absolute Gasteiger partial charge is 0.257 e. The van der Waals surface area contributed by atoms with E-state index in [0.717, 1.165) is 11.4 Å². The van der Waals surface area contributed by atoms with Crippen molar-refractivity contribution in [1.29, 1.82) is 0 Å². The number of aryl methyl sites for hydroxylation is 1. The van der Waals surface area contributed by atoms with Crippen molar-refractivity contribution in [1.82, 2.24) is 25.3 Å². The van der Waals surface area contributed by atoms with Crippen molar-refractivity contribution in [2.75, 3.05) is 0 Å². The number of aromatic nitrogens is 5. The van der Waals surface area contributed by atoms with Gasteiger partial charge in [0.2, 0.25) is 5.16 Å². The molecule has 1 N–H and O–H groups in total. The quantitative estimate of drug-likeness (QED) is 0.743. The first-order valence-electron chi connectivity index (χ1n) is 6.17. The summed E-state index contributed by atoms with van der Waals surface area (Å²) in [6.45, 7) is 3.86. The molecule has 0 bridgehead atoms. The molecule has 2 aromatic heterocycles. The zero-order chi connectivity index (χ0) is 13.9. The lowest BCUT2D eigenvalue weighted by atomic mass is 10.2. The van der Waals surface area contributed by atoms with E-state index in [2.05, 4.69) is 25.3 Å². The number of nitrogens with zero attached hydrogens (tertiary/aromatic N) is 4. The van der Waals surface area contributed by atoms with Gasteiger partial charge in [0, 0.05) is 5.56 Å². The molecule has 0 spiro atoms. The Bertz CT molecular complexity index is 694. The fourth-order valence-electron chi connectivity index (χ4n) is 1.68. The van der Waals surface area contributed by atoms with Crippen molar-refractivity contribution >= 4 is 11.8 Å². The molecule has 0 saturated heterocycles. The lowest BCUT2D eigenvalue weighted by Crippen LogP contribution is -1.92. The van der Waals surface area contributed by atoms with Crippen LogP contribution in [0.5, 0.6) is 0 Å². The molecular formula is C13H13N5OS. The number of nitrogens with one attached hydrogen (secondary N) is 1. The maximum absolute atomic E-state index is 5.29. The predicted octanol–water partition coefficient (Wildman–Crippen LogP) is 3.02. The van der Waals surface area contributed by atoms with E-state index in [1.807, 2.05) is 44.2 Å². The van der Waals surface area contributed by atoms with Crippen LogP contribution in [-0.4, -0.2) is 25.3 Å². The highest BCUT2D eigenvalue weighted by molar-refractivity contribution is 7.99. The highest BCUT2D eigenvalue weighted by atomic mass is 32.2. The maximum Gasteiger partial charge on any atom is 0.257 e. The molecule has 3 aromatic rings. The average Bonchev–Trinajstić information content (AvgIpc) is 3.09. The molecule has 1 aromatic carbocycles. The van der Waals surface area contributed by atoms with E-state index in [0.29, 0.717) is 16.9 Å². The molecule has 0 amide bonds. The lowest BCUT2D eigenvalue weighted by molar-refractivity contribution is 0.423. The summed E-state index contributed by atoms with van der Waals surface area (Å²) in [4.78, 5) is 8.67. The summed E-state index contributed by atoms with van der Waals surface area (Å²) in [5, 5.41) is 11.6. The van der Waals surface area contributed by atoms with E-state index in [9.17, 15) is 0 Å². The van der Waals surface area contributed by atoms with Crippen LogP contribution in [0.1, 0.15) is 23.8 Å².